The number of ether oxygens (including phenoxy) is 1. The summed E-state index contributed by atoms with van der Waals surface area (Å²) in [6, 6.07) is -1.75. The van der Waals surface area contributed by atoms with E-state index in [-0.39, 0.29) is 18.8 Å². The molecule has 2 amide bonds. The number of amides is 2. The lowest BCUT2D eigenvalue weighted by atomic mass is 10.1. The number of nitrogens with zero attached hydrogens (tertiary/aromatic N) is 1. The van der Waals surface area contributed by atoms with Crippen molar-refractivity contribution in [1.82, 2.24) is 10.2 Å². The number of carboxylic acids is 2. The molecule has 0 bridgehead atoms. The van der Waals surface area contributed by atoms with Crippen LogP contribution in [0.15, 0.2) is 0 Å². The zero-order valence-corrected chi connectivity index (χ0v) is 12.7. The van der Waals surface area contributed by atoms with Crippen LogP contribution in [-0.4, -0.2) is 65.9 Å². The van der Waals surface area contributed by atoms with Gasteiger partial charge >= 0.3 is 18.0 Å². The van der Waals surface area contributed by atoms with E-state index in [1.54, 1.807) is 0 Å². The topological polar surface area (TPSA) is 116 Å². The average molecular weight is 304 g/mol. The molecule has 0 heterocycles. The number of carbonyl (C=O) groups excluding carboxylic acids is 1. The lowest BCUT2D eigenvalue weighted by Crippen LogP contribution is -2.49. The number of urea groups is 1. The highest BCUT2D eigenvalue weighted by Crippen LogP contribution is 2.03. The Hall–Kier alpha value is -1.83. The Morgan fingerprint density at radius 1 is 1.24 bits per heavy atom. The van der Waals surface area contributed by atoms with Gasteiger partial charge in [-0.1, -0.05) is 13.8 Å². The maximum Gasteiger partial charge on any atom is 0.326 e. The molecule has 0 fully saturated rings. The molecule has 1 atom stereocenters. The molecule has 122 valence electrons. The van der Waals surface area contributed by atoms with Crippen LogP contribution < -0.4 is 5.32 Å². The Morgan fingerprint density at radius 3 is 2.29 bits per heavy atom. The molecule has 21 heavy (non-hydrogen) atoms. The monoisotopic (exact) mass is 304 g/mol. The van der Waals surface area contributed by atoms with Gasteiger partial charge in [-0.3, -0.25) is 4.79 Å². The van der Waals surface area contributed by atoms with E-state index in [0.717, 1.165) is 0 Å². The summed E-state index contributed by atoms with van der Waals surface area (Å²) in [6.45, 7) is 5.01. The number of carboxylic acid groups (broad SMARTS) is 2. The highest BCUT2D eigenvalue weighted by Gasteiger charge is 2.24. The van der Waals surface area contributed by atoms with Gasteiger partial charge in [0.05, 0.1) is 6.61 Å². The minimum atomic E-state index is -1.25. The van der Waals surface area contributed by atoms with Gasteiger partial charge in [0.25, 0.3) is 0 Å². The first-order valence-electron chi connectivity index (χ1n) is 6.76. The second-order valence-corrected chi connectivity index (χ2v) is 5.11. The fourth-order valence-corrected chi connectivity index (χ4v) is 1.68. The van der Waals surface area contributed by atoms with Gasteiger partial charge in [0.1, 0.15) is 6.04 Å². The Bertz CT molecular complexity index is 359. The second-order valence-electron chi connectivity index (χ2n) is 5.11. The van der Waals surface area contributed by atoms with E-state index in [4.69, 9.17) is 14.9 Å². The molecular weight excluding hydrogens is 280 g/mol. The smallest absolute Gasteiger partial charge is 0.326 e. The minimum Gasteiger partial charge on any atom is -0.481 e. The molecule has 3 N–H and O–H groups in total. The molecule has 0 aliphatic heterocycles. The number of carbonyl (C=O) groups is 3. The molecule has 8 heteroatoms. The molecule has 0 saturated heterocycles. The number of rotatable bonds is 10. The Balaban J connectivity index is 4.64. The van der Waals surface area contributed by atoms with E-state index in [1.165, 1.54) is 12.0 Å². The molecule has 0 spiro atoms. The largest absolute Gasteiger partial charge is 0.481 e. The number of nitrogens with one attached hydrogen (secondary N) is 1. The maximum absolute atomic E-state index is 12.1. The predicted molar refractivity (Wildman–Crippen MR) is 75.1 cm³/mol. The van der Waals surface area contributed by atoms with E-state index in [2.05, 4.69) is 5.32 Å². The predicted octanol–water partition coefficient (Wildman–Crippen LogP) is 0.618. The number of hydrogen-bond donors (Lipinski definition) is 3. The van der Waals surface area contributed by atoms with Crippen molar-refractivity contribution in [2.75, 3.05) is 26.8 Å². The standard InChI is InChI=1S/C13H24N2O6/c1-9(2)8-15(6-7-21-3)13(20)14-10(12(18)19)4-5-11(16)17/h9-10H,4-8H2,1-3H3,(H,14,20)(H,16,17)(H,18,19)/t10-/m0/s1. The number of hydrogen-bond acceptors (Lipinski definition) is 4. The molecule has 0 aromatic rings. The average Bonchev–Trinajstić information content (AvgIpc) is 2.37. The first-order chi connectivity index (χ1) is 9.77. The third-order valence-corrected chi connectivity index (χ3v) is 2.68. The fourth-order valence-electron chi connectivity index (χ4n) is 1.68. The third kappa shape index (κ3) is 8.85. The molecular formula is C13H24N2O6. The highest BCUT2D eigenvalue weighted by atomic mass is 16.5. The van der Waals surface area contributed by atoms with E-state index >= 15 is 0 Å². The summed E-state index contributed by atoms with van der Waals surface area (Å²) < 4.78 is 4.92. The van der Waals surface area contributed by atoms with Gasteiger partial charge in [-0.15, -0.1) is 0 Å². The number of aliphatic carboxylic acids is 2. The highest BCUT2D eigenvalue weighted by molar-refractivity contribution is 5.83. The van der Waals surface area contributed by atoms with E-state index < -0.39 is 24.0 Å². The van der Waals surface area contributed by atoms with Gasteiger partial charge in [-0.05, 0) is 12.3 Å². The van der Waals surface area contributed by atoms with Crippen LogP contribution in [-0.2, 0) is 14.3 Å². The zero-order chi connectivity index (χ0) is 16.4. The molecule has 0 saturated carbocycles. The van der Waals surface area contributed by atoms with Gasteiger partial charge in [0, 0.05) is 26.6 Å². The van der Waals surface area contributed by atoms with Crippen molar-refractivity contribution in [1.29, 1.82) is 0 Å². The molecule has 0 aliphatic rings. The van der Waals surface area contributed by atoms with Crippen molar-refractivity contribution in [2.45, 2.75) is 32.7 Å². The first-order valence-corrected chi connectivity index (χ1v) is 6.76. The van der Waals surface area contributed by atoms with Crippen molar-refractivity contribution in [3.63, 3.8) is 0 Å². The maximum atomic E-state index is 12.1. The van der Waals surface area contributed by atoms with E-state index in [0.29, 0.717) is 19.7 Å². The van der Waals surface area contributed by atoms with Gasteiger partial charge in [0.15, 0.2) is 0 Å². The van der Waals surface area contributed by atoms with E-state index in [9.17, 15) is 14.4 Å². The Kier molecular flexibility index (Phi) is 9.11. The number of methoxy groups -OCH3 is 1. The summed E-state index contributed by atoms with van der Waals surface area (Å²) in [4.78, 5) is 35.1. The van der Waals surface area contributed by atoms with Crippen LogP contribution in [0.1, 0.15) is 26.7 Å². The summed E-state index contributed by atoms with van der Waals surface area (Å²) in [5, 5.41) is 20.0. The lowest BCUT2D eigenvalue weighted by Gasteiger charge is -2.26. The molecule has 0 aromatic heterocycles. The second kappa shape index (κ2) is 9.98. The summed E-state index contributed by atoms with van der Waals surface area (Å²) in [7, 11) is 1.51. The lowest BCUT2D eigenvalue weighted by molar-refractivity contribution is -0.140. The molecule has 0 unspecified atom stereocenters. The third-order valence-electron chi connectivity index (χ3n) is 2.68. The van der Waals surface area contributed by atoms with Crippen LogP contribution >= 0.6 is 0 Å². The van der Waals surface area contributed by atoms with Crippen LogP contribution in [0, 0.1) is 5.92 Å². The van der Waals surface area contributed by atoms with Crippen LogP contribution in [0.4, 0.5) is 4.79 Å². The summed E-state index contributed by atoms with van der Waals surface area (Å²) in [6.07, 6.45) is -0.476. The van der Waals surface area contributed by atoms with Crippen LogP contribution in [0.25, 0.3) is 0 Å². The summed E-state index contributed by atoms with van der Waals surface area (Å²) in [5.74, 6) is -2.13. The van der Waals surface area contributed by atoms with Gasteiger partial charge < -0.3 is 25.2 Å². The quantitative estimate of drug-likeness (QED) is 0.545. The van der Waals surface area contributed by atoms with Crippen molar-refractivity contribution < 1.29 is 29.3 Å². The first kappa shape index (κ1) is 19.2. The Morgan fingerprint density at radius 2 is 1.86 bits per heavy atom. The van der Waals surface area contributed by atoms with Crippen molar-refractivity contribution >= 4 is 18.0 Å². The normalized spacial score (nSPS) is 12.0. The van der Waals surface area contributed by atoms with Crippen molar-refractivity contribution in [3.8, 4) is 0 Å². The fraction of sp³-hybridized carbons (Fsp3) is 0.769. The Labute approximate surface area is 124 Å². The zero-order valence-electron chi connectivity index (χ0n) is 12.7. The SMILES string of the molecule is COCCN(CC(C)C)C(=O)N[C@@H](CCC(=O)O)C(=O)O. The van der Waals surface area contributed by atoms with Gasteiger partial charge in [-0.2, -0.15) is 0 Å². The molecule has 8 nitrogen and oxygen atoms in total. The molecule has 0 radical (unpaired) electrons. The molecule has 0 rings (SSSR count). The van der Waals surface area contributed by atoms with Crippen LogP contribution in [0.3, 0.4) is 0 Å². The summed E-state index contributed by atoms with van der Waals surface area (Å²) >= 11 is 0. The van der Waals surface area contributed by atoms with Crippen LogP contribution in [0.2, 0.25) is 0 Å². The molecule has 0 aliphatic carbocycles. The van der Waals surface area contributed by atoms with Gasteiger partial charge in [0.2, 0.25) is 0 Å². The van der Waals surface area contributed by atoms with E-state index in [1.807, 2.05) is 13.8 Å². The summed E-state index contributed by atoms with van der Waals surface area (Å²) in [5.41, 5.74) is 0. The molecule has 0 aromatic carbocycles. The minimum absolute atomic E-state index is 0.157. The van der Waals surface area contributed by atoms with Gasteiger partial charge in [-0.25, -0.2) is 9.59 Å². The van der Waals surface area contributed by atoms with Crippen molar-refractivity contribution in [3.05, 3.63) is 0 Å². The van der Waals surface area contributed by atoms with Crippen molar-refractivity contribution in [2.24, 2.45) is 5.92 Å². The van der Waals surface area contributed by atoms with Crippen LogP contribution in [0.5, 0.6) is 0 Å².